The summed E-state index contributed by atoms with van der Waals surface area (Å²) in [6.07, 6.45) is 22.6. The van der Waals surface area contributed by atoms with E-state index >= 15 is 0 Å². The van der Waals surface area contributed by atoms with Crippen molar-refractivity contribution in [3.05, 3.63) is 37.0 Å². The van der Waals surface area contributed by atoms with Crippen molar-refractivity contribution >= 4 is 0 Å². The largest absolute Gasteiger partial charge is 0.103 e. The minimum absolute atomic E-state index is 1.16. The van der Waals surface area contributed by atoms with E-state index in [1.54, 1.807) is 0 Å². The first-order valence-electron chi connectivity index (χ1n) is 6.82. The van der Waals surface area contributed by atoms with Crippen LogP contribution in [0.3, 0.4) is 0 Å². The van der Waals surface area contributed by atoms with Crippen LogP contribution in [0.5, 0.6) is 0 Å². The quantitative estimate of drug-likeness (QED) is 0.304. The summed E-state index contributed by atoms with van der Waals surface area (Å²) in [6, 6.07) is 0. The molecule has 0 aliphatic heterocycles. The number of hydrogen-bond donors (Lipinski definition) is 0. The van der Waals surface area contributed by atoms with Gasteiger partial charge in [0.1, 0.15) is 0 Å². The van der Waals surface area contributed by atoms with Gasteiger partial charge < -0.3 is 0 Å². The van der Waals surface area contributed by atoms with Crippen LogP contribution in [-0.2, 0) is 0 Å². The maximum Gasteiger partial charge on any atom is -0.0351 e. The van der Waals surface area contributed by atoms with Gasteiger partial charge in [-0.05, 0) is 57.8 Å². The lowest BCUT2D eigenvalue weighted by atomic mass is 10.1. The fourth-order valence-electron chi connectivity index (χ4n) is 1.60. The van der Waals surface area contributed by atoms with Crippen LogP contribution in [0.25, 0.3) is 0 Å². The molecule has 0 heteroatoms. The zero-order valence-electron chi connectivity index (χ0n) is 11.0. The molecule has 0 nitrogen and oxygen atoms in total. The van der Waals surface area contributed by atoms with Crippen LogP contribution in [0.4, 0.5) is 0 Å². The van der Waals surface area contributed by atoms with Gasteiger partial charge in [-0.3, -0.25) is 0 Å². The molecule has 0 amide bonds. The highest BCUT2D eigenvalue weighted by Crippen LogP contribution is 2.05. The van der Waals surface area contributed by atoms with E-state index in [4.69, 9.17) is 0 Å². The molecule has 92 valence electrons. The highest BCUT2D eigenvalue weighted by molar-refractivity contribution is 4.83. The molecule has 0 saturated heterocycles. The van der Waals surface area contributed by atoms with Gasteiger partial charge in [0.05, 0.1) is 0 Å². The maximum absolute atomic E-state index is 3.73. The van der Waals surface area contributed by atoms with E-state index < -0.39 is 0 Å². The lowest BCUT2D eigenvalue weighted by molar-refractivity contribution is 0.745. The third-order valence-corrected chi connectivity index (χ3v) is 2.59. The lowest BCUT2D eigenvalue weighted by Crippen LogP contribution is -1.74. The molecule has 0 spiro atoms. The predicted molar refractivity (Wildman–Crippen MR) is 75.7 cm³/mol. The summed E-state index contributed by atoms with van der Waals surface area (Å²) in [5, 5.41) is 0. The average Bonchev–Trinajstić information content (AvgIpc) is 2.31. The SMILES string of the molecule is C=CCCCCC=CCCCCC=CCC. The van der Waals surface area contributed by atoms with Gasteiger partial charge in [0, 0.05) is 0 Å². The van der Waals surface area contributed by atoms with E-state index in [0.717, 1.165) is 6.42 Å². The smallest absolute Gasteiger partial charge is 0.0351 e. The summed E-state index contributed by atoms with van der Waals surface area (Å²) < 4.78 is 0. The standard InChI is InChI=1S/C16H28/c1-3-5-7-9-11-13-15-16-14-12-10-8-6-4-2/h3,6,8,13,15H,1,4-5,7,9-12,14,16H2,2H3. The van der Waals surface area contributed by atoms with Gasteiger partial charge in [-0.15, -0.1) is 6.58 Å². The Labute approximate surface area is 102 Å². The molecular formula is C16H28. The summed E-state index contributed by atoms with van der Waals surface area (Å²) in [5.74, 6) is 0. The molecule has 0 bridgehead atoms. The van der Waals surface area contributed by atoms with E-state index in [1.165, 1.54) is 51.4 Å². The van der Waals surface area contributed by atoms with Gasteiger partial charge in [-0.25, -0.2) is 0 Å². The Morgan fingerprint density at radius 3 is 1.56 bits per heavy atom. The van der Waals surface area contributed by atoms with E-state index in [-0.39, 0.29) is 0 Å². The van der Waals surface area contributed by atoms with Crippen molar-refractivity contribution in [1.82, 2.24) is 0 Å². The molecule has 0 aromatic heterocycles. The Hall–Kier alpha value is -0.780. The Balaban J connectivity index is 3.09. The number of unbranched alkanes of at least 4 members (excludes halogenated alkanes) is 6. The molecule has 0 rings (SSSR count). The molecule has 0 fully saturated rings. The first-order chi connectivity index (χ1) is 7.91. The Bertz CT molecular complexity index is 186. The highest BCUT2D eigenvalue weighted by atomic mass is 13.9. The van der Waals surface area contributed by atoms with Crippen LogP contribution >= 0.6 is 0 Å². The van der Waals surface area contributed by atoms with Crippen molar-refractivity contribution in [3.63, 3.8) is 0 Å². The molecule has 0 aromatic rings. The summed E-state index contributed by atoms with van der Waals surface area (Å²) in [7, 11) is 0. The normalized spacial score (nSPS) is 11.6. The Morgan fingerprint density at radius 2 is 1.12 bits per heavy atom. The van der Waals surface area contributed by atoms with Crippen LogP contribution in [0, 0.1) is 0 Å². The zero-order valence-corrected chi connectivity index (χ0v) is 11.0. The molecule has 0 unspecified atom stereocenters. The monoisotopic (exact) mass is 220 g/mol. The maximum atomic E-state index is 3.73. The van der Waals surface area contributed by atoms with Gasteiger partial charge in [0.25, 0.3) is 0 Å². The van der Waals surface area contributed by atoms with Crippen molar-refractivity contribution < 1.29 is 0 Å². The minimum atomic E-state index is 1.16. The van der Waals surface area contributed by atoms with Gasteiger partial charge >= 0.3 is 0 Å². The Kier molecular flexibility index (Phi) is 13.5. The van der Waals surface area contributed by atoms with E-state index in [2.05, 4.69) is 37.8 Å². The molecule has 0 aromatic carbocycles. The molecule has 0 radical (unpaired) electrons. The van der Waals surface area contributed by atoms with Crippen molar-refractivity contribution in [1.29, 1.82) is 0 Å². The van der Waals surface area contributed by atoms with Crippen molar-refractivity contribution in [2.45, 2.75) is 64.7 Å². The lowest BCUT2D eigenvalue weighted by Gasteiger charge is -1.94. The predicted octanol–water partition coefficient (Wildman–Crippen LogP) is 5.82. The van der Waals surface area contributed by atoms with Crippen LogP contribution in [0.1, 0.15) is 64.7 Å². The third-order valence-electron chi connectivity index (χ3n) is 2.59. The van der Waals surface area contributed by atoms with Gasteiger partial charge in [-0.1, -0.05) is 37.3 Å². The molecule has 0 saturated carbocycles. The zero-order chi connectivity index (χ0) is 11.9. The second kappa shape index (κ2) is 14.2. The third kappa shape index (κ3) is 13.2. The van der Waals surface area contributed by atoms with Gasteiger partial charge in [-0.2, -0.15) is 0 Å². The molecule has 0 atom stereocenters. The molecule has 16 heavy (non-hydrogen) atoms. The number of rotatable bonds is 11. The second-order valence-electron chi connectivity index (χ2n) is 4.21. The fraction of sp³-hybridized carbons (Fsp3) is 0.625. The number of hydrogen-bond acceptors (Lipinski definition) is 0. The molecular weight excluding hydrogens is 192 g/mol. The van der Waals surface area contributed by atoms with Crippen molar-refractivity contribution in [2.75, 3.05) is 0 Å². The summed E-state index contributed by atoms with van der Waals surface area (Å²) in [4.78, 5) is 0. The van der Waals surface area contributed by atoms with Crippen LogP contribution in [0.2, 0.25) is 0 Å². The van der Waals surface area contributed by atoms with Crippen LogP contribution in [-0.4, -0.2) is 0 Å². The van der Waals surface area contributed by atoms with Crippen LogP contribution < -0.4 is 0 Å². The first-order valence-corrected chi connectivity index (χ1v) is 6.82. The first kappa shape index (κ1) is 15.2. The van der Waals surface area contributed by atoms with E-state index in [0.29, 0.717) is 0 Å². The second-order valence-corrected chi connectivity index (χ2v) is 4.21. The summed E-state index contributed by atoms with van der Waals surface area (Å²) in [5.41, 5.74) is 0. The molecule has 0 aliphatic rings. The van der Waals surface area contributed by atoms with Gasteiger partial charge in [0.15, 0.2) is 0 Å². The fourth-order valence-corrected chi connectivity index (χ4v) is 1.60. The van der Waals surface area contributed by atoms with E-state index in [9.17, 15) is 0 Å². The van der Waals surface area contributed by atoms with Crippen molar-refractivity contribution in [3.8, 4) is 0 Å². The van der Waals surface area contributed by atoms with Crippen molar-refractivity contribution in [2.24, 2.45) is 0 Å². The highest BCUT2D eigenvalue weighted by Gasteiger charge is 1.85. The van der Waals surface area contributed by atoms with E-state index in [1.807, 2.05) is 6.08 Å². The molecule has 0 heterocycles. The Morgan fingerprint density at radius 1 is 0.688 bits per heavy atom. The molecule has 0 aliphatic carbocycles. The molecule has 0 N–H and O–H groups in total. The topological polar surface area (TPSA) is 0 Å². The minimum Gasteiger partial charge on any atom is -0.103 e. The summed E-state index contributed by atoms with van der Waals surface area (Å²) in [6.45, 7) is 5.91. The average molecular weight is 220 g/mol. The number of allylic oxidation sites excluding steroid dienone is 5. The van der Waals surface area contributed by atoms with Crippen LogP contribution in [0.15, 0.2) is 37.0 Å². The van der Waals surface area contributed by atoms with Gasteiger partial charge in [0.2, 0.25) is 0 Å². The summed E-state index contributed by atoms with van der Waals surface area (Å²) >= 11 is 0.